The van der Waals surface area contributed by atoms with Gasteiger partial charge >= 0.3 is 0 Å². The number of halogens is 1. The quantitative estimate of drug-likeness (QED) is 0.808. The van der Waals surface area contributed by atoms with Crippen LogP contribution in [0.5, 0.6) is 0 Å². The Hall–Kier alpha value is -2.08. The number of nitrogens with one attached hydrogen (secondary N) is 1. The van der Waals surface area contributed by atoms with Gasteiger partial charge in [0.05, 0.1) is 29.3 Å². The molecule has 2 atom stereocenters. The van der Waals surface area contributed by atoms with Crippen molar-refractivity contribution in [3.8, 4) is 0 Å². The third kappa shape index (κ3) is 4.18. The lowest BCUT2D eigenvalue weighted by atomic mass is 9.90. The molecule has 0 radical (unpaired) electrons. The van der Waals surface area contributed by atoms with Crippen LogP contribution in [0.3, 0.4) is 0 Å². The van der Waals surface area contributed by atoms with Gasteiger partial charge in [0.15, 0.2) is 0 Å². The molecule has 1 saturated heterocycles. The predicted molar refractivity (Wildman–Crippen MR) is 105 cm³/mol. The topological polar surface area (TPSA) is 80.0 Å². The molecule has 0 spiro atoms. The molecule has 3 N–H and O–H groups in total. The van der Waals surface area contributed by atoms with E-state index < -0.39 is 0 Å². The second-order valence-electron chi connectivity index (χ2n) is 7.37. The summed E-state index contributed by atoms with van der Waals surface area (Å²) in [4.78, 5) is 15.1. The fourth-order valence-corrected chi connectivity index (χ4v) is 4.19. The lowest BCUT2D eigenvalue weighted by Gasteiger charge is -2.32. The van der Waals surface area contributed by atoms with Crippen LogP contribution in [0.2, 0.25) is 5.02 Å². The minimum absolute atomic E-state index is 0.563. The van der Waals surface area contributed by atoms with Gasteiger partial charge < -0.3 is 16.0 Å². The van der Waals surface area contributed by atoms with Crippen molar-refractivity contribution in [3.63, 3.8) is 0 Å². The SMILES string of the molecule is Nc1ccc(NCC[C@@H]2C[C@@H]2C2CCN(c3ncc(Cl)cn3)CC2)cn1. The summed E-state index contributed by atoms with van der Waals surface area (Å²) in [5, 5.41) is 4.04. The lowest BCUT2D eigenvalue weighted by molar-refractivity contribution is 0.343. The van der Waals surface area contributed by atoms with Crippen LogP contribution < -0.4 is 16.0 Å². The largest absolute Gasteiger partial charge is 0.384 e. The monoisotopic (exact) mass is 372 g/mol. The van der Waals surface area contributed by atoms with E-state index in [1.807, 2.05) is 12.1 Å². The lowest BCUT2D eigenvalue weighted by Crippen LogP contribution is -2.35. The van der Waals surface area contributed by atoms with Crippen LogP contribution in [0, 0.1) is 17.8 Å². The van der Waals surface area contributed by atoms with Gasteiger partial charge in [0.2, 0.25) is 5.95 Å². The van der Waals surface area contributed by atoms with Gasteiger partial charge in [0, 0.05) is 19.6 Å². The maximum Gasteiger partial charge on any atom is 0.225 e. The van der Waals surface area contributed by atoms with Gasteiger partial charge in [0.1, 0.15) is 5.82 Å². The summed E-state index contributed by atoms with van der Waals surface area (Å²) < 4.78 is 0. The molecule has 4 rings (SSSR count). The third-order valence-corrected chi connectivity index (χ3v) is 5.84. The zero-order chi connectivity index (χ0) is 17.9. The maximum absolute atomic E-state index is 5.87. The average molecular weight is 373 g/mol. The van der Waals surface area contributed by atoms with E-state index in [9.17, 15) is 0 Å². The molecule has 26 heavy (non-hydrogen) atoms. The standard InChI is InChI=1S/C19H25ClN6/c20-15-10-24-19(25-11-15)26-7-4-13(5-8-26)17-9-14(17)3-6-22-16-1-2-18(21)23-12-16/h1-2,10-14,17,22H,3-9H2,(H2,21,23)/t14-,17-/m1/s1. The third-order valence-electron chi connectivity index (χ3n) is 5.64. The molecular formula is C19H25ClN6. The Bertz CT molecular complexity index is 712. The first kappa shape index (κ1) is 17.3. The van der Waals surface area contributed by atoms with Crippen molar-refractivity contribution in [2.24, 2.45) is 17.8 Å². The van der Waals surface area contributed by atoms with Gasteiger partial charge in [-0.3, -0.25) is 0 Å². The molecule has 1 aliphatic heterocycles. The molecule has 2 aliphatic rings. The van der Waals surface area contributed by atoms with E-state index >= 15 is 0 Å². The minimum Gasteiger partial charge on any atom is -0.384 e. The average Bonchev–Trinajstić information content (AvgIpc) is 3.44. The van der Waals surface area contributed by atoms with E-state index in [1.54, 1.807) is 18.6 Å². The minimum atomic E-state index is 0.563. The molecule has 0 unspecified atom stereocenters. The molecule has 6 nitrogen and oxygen atoms in total. The number of nitrogens with two attached hydrogens (primary N) is 1. The summed E-state index contributed by atoms with van der Waals surface area (Å²) in [6.45, 7) is 3.10. The fraction of sp³-hybridized carbons (Fsp3) is 0.526. The Morgan fingerprint density at radius 3 is 2.58 bits per heavy atom. The van der Waals surface area contributed by atoms with Crippen LogP contribution in [0.25, 0.3) is 0 Å². The van der Waals surface area contributed by atoms with E-state index in [0.29, 0.717) is 10.8 Å². The predicted octanol–water partition coefficient (Wildman–Crippen LogP) is 3.46. The van der Waals surface area contributed by atoms with Crippen molar-refractivity contribution in [2.75, 3.05) is 35.6 Å². The van der Waals surface area contributed by atoms with E-state index in [4.69, 9.17) is 17.3 Å². The van der Waals surface area contributed by atoms with Gasteiger partial charge in [-0.15, -0.1) is 0 Å². The Kier molecular flexibility index (Phi) is 5.11. The van der Waals surface area contributed by atoms with Crippen molar-refractivity contribution >= 4 is 29.1 Å². The summed E-state index contributed by atoms with van der Waals surface area (Å²) in [6, 6.07) is 3.82. The normalized spacial score (nSPS) is 23.0. The van der Waals surface area contributed by atoms with Crippen molar-refractivity contribution in [1.29, 1.82) is 0 Å². The molecule has 2 fully saturated rings. The van der Waals surface area contributed by atoms with Gasteiger partial charge in [-0.05, 0) is 55.6 Å². The highest BCUT2D eigenvalue weighted by atomic mass is 35.5. The highest BCUT2D eigenvalue weighted by Crippen LogP contribution is 2.49. The van der Waals surface area contributed by atoms with Crippen LogP contribution in [-0.2, 0) is 0 Å². The van der Waals surface area contributed by atoms with E-state index in [1.165, 1.54) is 25.7 Å². The molecule has 0 bridgehead atoms. The first-order chi connectivity index (χ1) is 12.7. The Morgan fingerprint density at radius 1 is 1.12 bits per heavy atom. The van der Waals surface area contributed by atoms with Crippen LogP contribution in [0.15, 0.2) is 30.7 Å². The number of aromatic nitrogens is 3. The van der Waals surface area contributed by atoms with E-state index in [-0.39, 0.29) is 0 Å². The van der Waals surface area contributed by atoms with Gasteiger partial charge in [0.25, 0.3) is 0 Å². The second-order valence-corrected chi connectivity index (χ2v) is 7.81. The summed E-state index contributed by atoms with van der Waals surface area (Å²) in [7, 11) is 0. The summed E-state index contributed by atoms with van der Waals surface area (Å²) in [5.41, 5.74) is 6.66. The van der Waals surface area contributed by atoms with E-state index in [2.05, 4.69) is 25.2 Å². The number of hydrogen-bond donors (Lipinski definition) is 2. The molecule has 7 heteroatoms. The molecule has 0 aromatic carbocycles. The molecule has 138 valence electrons. The number of hydrogen-bond acceptors (Lipinski definition) is 6. The zero-order valence-electron chi connectivity index (χ0n) is 14.8. The van der Waals surface area contributed by atoms with Crippen LogP contribution in [0.1, 0.15) is 25.7 Å². The number of nitrogens with zero attached hydrogens (tertiary/aromatic N) is 4. The molecule has 3 heterocycles. The van der Waals surface area contributed by atoms with Crippen LogP contribution >= 0.6 is 11.6 Å². The summed E-state index contributed by atoms with van der Waals surface area (Å²) >= 11 is 5.87. The number of anilines is 3. The van der Waals surface area contributed by atoms with Gasteiger partial charge in [-0.1, -0.05) is 11.6 Å². The molecule has 0 amide bonds. The zero-order valence-corrected chi connectivity index (χ0v) is 15.6. The number of rotatable bonds is 6. The van der Waals surface area contributed by atoms with Gasteiger partial charge in [-0.2, -0.15) is 0 Å². The molecular weight excluding hydrogens is 348 g/mol. The smallest absolute Gasteiger partial charge is 0.225 e. The first-order valence-corrected chi connectivity index (χ1v) is 9.75. The van der Waals surface area contributed by atoms with Crippen molar-refractivity contribution in [1.82, 2.24) is 15.0 Å². The Morgan fingerprint density at radius 2 is 1.88 bits per heavy atom. The number of nitrogen functional groups attached to an aromatic ring is 1. The molecule has 1 aliphatic carbocycles. The highest BCUT2D eigenvalue weighted by molar-refractivity contribution is 6.30. The fourth-order valence-electron chi connectivity index (χ4n) is 4.09. The Balaban J connectivity index is 1.18. The van der Waals surface area contributed by atoms with Crippen molar-refractivity contribution in [3.05, 3.63) is 35.7 Å². The number of pyridine rings is 1. The Labute approximate surface area is 159 Å². The van der Waals surface area contributed by atoms with Crippen LogP contribution in [-0.4, -0.2) is 34.6 Å². The molecule has 1 saturated carbocycles. The van der Waals surface area contributed by atoms with Crippen molar-refractivity contribution in [2.45, 2.75) is 25.7 Å². The maximum atomic E-state index is 5.87. The first-order valence-electron chi connectivity index (χ1n) is 9.37. The molecule has 2 aromatic heterocycles. The van der Waals surface area contributed by atoms with Crippen LogP contribution in [0.4, 0.5) is 17.5 Å². The van der Waals surface area contributed by atoms with Crippen molar-refractivity contribution < 1.29 is 0 Å². The molecule has 2 aromatic rings. The highest BCUT2D eigenvalue weighted by Gasteiger charge is 2.43. The van der Waals surface area contributed by atoms with E-state index in [0.717, 1.165) is 49.0 Å². The number of piperidine rings is 1. The van der Waals surface area contributed by atoms with Gasteiger partial charge in [-0.25, -0.2) is 15.0 Å². The summed E-state index contributed by atoms with van der Waals surface area (Å²) in [6.07, 6.45) is 10.2. The summed E-state index contributed by atoms with van der Waals surface area (Å²) in [5.74, 6) is 3.98. The second kappa shape index (κ2) is 7.66.